The first-order chi connectivity index (χ1) is 20.1. The number of hydrogen-bond acceptors (Lipinski definition) is 8. The third-order valence-corrected chi connectivity index (χ3v) is 7.40. The molecule has 0 aliphatic carbocycles. The van der Waals surface area contributed by atoms with E-state index < -0.39 is 5.60 Å². The average molecular weight is 570 g/mol. The number of carbonyl (C=O) groups is 1. The SMILES string of the molecule is C=CC(=O)N1CCC(Oc2cc3c(Nc4cc(-n5cc(C)ccc5=O)ccc4C(C)(C)O)ncnc3cc2OC)CC1. The number of methoxy groups -OCH3 is 1. The Labute approximate surface area is 244 Å². The van der Waals surface area contributed by atoms with Crippen LogP contribution in [0.3, 0.4) is 0 Å². The Balaban J connectivity index is 1.52. The van der Waals surface area contributed by atoms with E-state index in [1.807, 2.05) is 25.1 Å². The third kappa shape index (κ3) is 5.99. The van der Waals surface area contributed by atoms with E-state index in [0.717, 1.165) is 5.56 Å². The maximum absolute atomic E-state index is 12.6. The molecule has 2 aromatic heterocycles. The highest BCUT2D eigenvalue weighted by Crippen LogP contribution is 2.38. The van der Waals surface area contributed by atoms with Crippen molar-refractivity contribution in [3.8, 4) is 17.2 Å². The van der Waals surface area contributed by atoms with E-state index in [4.69, 9.17) is 9.47 Å². The van der Waals surface area contributed by atoms with Gasteiger partial charge in [-0.25, -0.2) is 9.97 Å². The lowest BCUT2D eigenvalue weighted by atomic mass is 9.95. The standard InChI is InChI=1S/C32H35N5O5/c1-6-29(38)36-13-11-22(12-14-36)42-28-16-23-25(17-27(28)41-5)33-19-34-31(23)35-26-15-21(8-9-24(26)32(3,4)40)37-18-20(2)7-10-30(37)39/h6-10,15-19,22,40H,1,11-14H2,2-5H3,(H,33,34,35). The molecule has 0 radical (unpaired) electrons. The molecule has 1 saturated heterocycles. The fourth-order valence-electron chi connectivity index (χ4n) is 5.16. The van der Waals surface area contributed by atoms with Crippen molar-refractivity contribution in [3.05, 3.63) is 89.1 Å². The van der Waals surface area contributed by atoms with Gasteiger partial charge in [0.05, 0.1) is 23.9 Å². The molecule has 3 heterocycles. The van der Waals surface area contributed by atoms with Crippen LogP contribution in [0.1, 0.15) is 37.8 Å². The summed E-state index contributed by atoms with van der Waals surface area (Å²) < 4.78 is 13.6. The molecule has 1 aliphatic rings. The number of aliphatic hydroxyl groups is 1. The number of amides is 1. The zero-order valence-electron chi connectivity index (χ0n) is 24.3. The zero-order valence-corrected chi connectivity index (χ0v) is 24.3. The van der Waals surface area contributed by atoms with Crippen molar-refractivity contribution in [1.29, 1.82) is 0 Å². The second-order valence-electron chi connectivity index (χ2n) is 10.9. The van der Waals surface area contributed by atoms with E-state index in [0.29, 0.717) is 71.1 Å². The van der Waals surface area contributed by atoms with Crippen LogP contribution in [0.5, 0.6) is 11.5 Å². The van der Waals surface area contributed by atoms with Gasteiger partial charge in [0.1, 0.15) is 18.2 Å². The predicted octanol–water partition coefficient (Wildman–Crippen LogP) is 4.62. The monoisotopic (exact) mass is 569 g/mol. The van der Waals surface area contributed by atoms with Crippen LogP contribution in [0.4, 0.5) is 11.5 Å². The summed E-state index contributed by atoms with van der Waals surface area (Å²) in [6.45, 7) is 10.1. The summed E-state index contributed by atoms with van der Waals surface area (Å²) in [4.78, 5) is 35.4. The number of aryl methyl sites for hydroxylation is 1. The Morgan fingerprint density at radius 2 is 1.88 bits per heavy atom. The van der Waals surface area contributed by atoms with Crippen LogP contribution in [0.2, 0.25) is 0 Å². The van der Waals surface area contributed by atoms with Gasteiger partial charge in [-0.15, -0.1) is 0 Å². The Morgan fingerprint density at radius 1 is 1.12 bits per heavy atom. The molecule has 2 N–H and O–H groups in total. The lowest BCUT2D eigenvalue weighted by Gasteiger charge is -2.31. The first kappa shape index (κ1) is 28.8. The number of fused-ring (bicyclic) bond motifs is 1. The number of carbonyl (C=O) groups excluding carboxylic acids is 1. The van der Waals surface area contributed by atoms with E-state index in [2.05, 4.69) is 21.9 Å². The van der Waals surface area contributed by atoms with Gasteiger partial charge in [0, 0.05) is 60.9 Å². The third-order valence-electron chi connectivity index (χ3n) is 7.40. The highest BCUT2D eigenvalue weighted by molar-refractivity contribution is 5.93. The van der Waals surface area contributed by atoms with Crippen molar-refractivity contribution in [2.75, 3.05) is 25.5 Å². The van der Waals surface area contributed by atoms with Gasteiger partial charge in [0.25, 0.3) is 5.56 Å². The molecule has 0 bridgehead atoms. The van der Waals surface area contributed by atoms with Gasteiger partial charge < -0.3 is 24.8 Å². The fraction of sp³-hybridized carbons (Fsp3) is 0.312. The molecular weight excluding hydrogens is 534 g/mol. The summed E-state index contributed by atoms with van der Waals surface area (Å²) in [5.41, 5.74) is 2.10. The van der Waals surface area contributed by atoms with Crippen LogP contribution in [0.25, 0.3) is 16.6 Å². The van der Waals surface area contributed by atoms with Gasteiger partial charge in [-0.2, -0.15) is 0 Å². The van der Waals surface area contributed by atoms with Crippen molar-refractivity contribution in [2.45, 2.75) is 45.3 Å². The Kier molecular flexibility index (Phi) is 8.00. The van der Waals surface area contributed by atoms with Gasteiger partial charge in [0.15, 0.2) is 11.5 Å². The molecule has 1 aliphatic heterocycles. The number of likely N-dealkylation sites (tertiary alicyclic amines) is 1. The van der Waals surface area contributed by atoms with Crippen LogP contribution in [-0.2, 0) is 10.4 Å². The minimum atomic E-state index is -1.18. The molecule has 0 unspecified atom stereocenters. The summed E-state index contributed by atoms with van der Waals surface area (Å²) >= 11 is 0. The lowest BCUT2D eigenvalue weighted by Crippen LogP contribution is -2.41. The Morgan fingerprint density at radius 3 is 2.57 bits per heavy atom. The predicted molar refractivity (Wildman–Crippen MR) is 162 cm³/mol. The molecule has 42 heavy (non-hydrogen) atoms. The fourth-order valence-corrected chi connectivity index (χ4v) is 5.16. The van der Waals surface area contributed by atoms with Crippen LogP contribution >= 0.6 is 0 Å². The maximum atomic E-state index is 12.6. The Hall–Kier alpha value is -4.70. The maximum Gasteiger partial charge on any atom is 0.255 e. The molecule has 10 heteroatoms. The van der Waals surface area contributed by atoms with Crippen molar-refractivity contribution >= 4 is 28.3 Å². The topological polar surface area (TPSA) is 119 Å². The zero-order chi connectivity index (χ0) is 30.0. The molecule has 0 atom stereocenters. The molecule has 2 aromatic carbocycles. The number of anilines is 2. The lowest BCUT2D eigenvalue weighted by molar-refractivity contribution is -0.127. The van der Waals surface area contributed by atoms with Crippen molar-refractivity contribution in [1.82, 2.24) is 19.4 Å². The van der Waals surface area contributed by atoms with Gasteiger partial charge >= 0.3 is 0 Å². The molecule has 10 nitrogen and oxygen atoms in total. The number of piperidine rings is 1. The normalized spacial score (nSPS) is 14.1. The average Bonchev–Trinajstić information content (AvgIpc) is 2.97. The number of benzene rings is 2. The largest absolute Gasteiger partial charge is 0.493 e. The second-order valence-corrected chi connectivity index (χ2v) is 10.9. The highest BCUT2D eigenvalue weighted by Gasteiger charge is 2.25. The van der Waals surface area contributed by atoms with E-state index in [9.17, 15) is 14.7 Å². The first-order valence-electron chi connectivity index (χ1n) is 13.8. The number of rotatable bonds is 8. The summed E-state index contributed by atoms with van der Waals surface area (Å²) in [7, 11) is 1.58. The molecular formula is C32H35N5O5. The van der Waals surface area contributed by atoms with E-state index in [1.165, 1.54) is 18.5 Å². The number of nitrogens with one attached hydrogen (secondary N) is 1. The van der Waals surface area contributed by atoms with Crippen LogP contribution in [0, 0.1) is 6.92 Å². The first-order valence-corrected chi connectivity index (χ1v) is 13.8. The van der Waals surface area contributed by atoms with Gasteiger partial charge in [-0.3, -0.25) is 14.2 Å². The quantitative estimate of drug-likeness (QED) is 0.295. The minimum Gasteiger partial charge on any atom is -0.493 e. The summed E-state index contributed by atoms with van der Waals surface area (Å²) in [5, 5.41) is 15.0. The van der Waals surface area contributed by atoms with Crippen molar-refractivity contribution in [3.63, 3.8) is 0 Å². The molecule has 0 saturated carbocycles. The number of hydrogen-bond donors (Lipinski definition) is 2. The molecule has 4 aromatic rings. The summed E-state index contributed by atoms with van der Waals surface area (Å²) in [5.74, 6) is 1.50. The van der Waals surface area contributed by atoms with Crippen LogP contribution < -0.4 is 20.3 Å². The van der Waals surface area contributed by atoms with E-state index in [1.54, 1.807) is 54.8 Å². The second kappa shape index (κ2) is 11.7. The molecule has 218 valence electrons. The number of pyridine rings is 1. The summed E-state index contributed by atoms with van der Waals surface area (Å²) in [6.07, 6.45) is 5.82. The number of nitrogens with zero attached hydrogens (tertiary/aromatic N) is 4. The van der Waals surface area contributed by atoms with Crippen molar-refractivity contribution in [2.24, 2.45) is 0 Å². The van der Waals surface area contributed by atoms with E-state index in [-0.39, 0.29) is 17.6 Å². The van der Waals surface area contributed by atoms with Gasteiger partial charge in [-0.1, -0.05) is 18.7 Å². The molecule has 5 rings (SSSR count). The van der Waals surface area contributed by atoms with Crippen LogP contribution in [-0.4, -0.2) is 56.8 Å². The molecule has 1 amide bonds. The minimum absolute atomic E-state index is 0.0774. The Bertz CT molecular complexity index is 1700. The molecule has 0 spiro atoms. The van der Waals surface area contributed by atoms with Gasteiger partial charge in [0.2, 0.25) is 5.91 Å². The number of ether oxygens (including phenoxy) is 2. The summed E-state index contributed by atoms with van der Waals surface area (Å²) in [6, 6.07) is 12.4. The number of aromatic nitrogens is 3. The smallest absolute Gasteiger partial charge is 0.255 e. The highest BCUT2D eigenvalue weighted by atomic mass is 16.5. The van der Waals surface area contributed by atoms with Crippen molar-refractivity contribution < 1.29 is 19.4 Å². The van der Waals surface area contributed by atoms with E-state index >= 15 is 0 Å². The van der Waals surface area contributed by atoms with Gasteiger partial charge in [-0.05, 0) is 50.6 Å². The van der Waals surface area contributed by atoms with Crippen LogP contribution in [0.15, 0.2) is 72.4 Å². The molecule has 1 fully saturated rings.